The van der Waals surface area contributed by atoms with Crippen molar-refractivity contribution in [2.24, 2.45) is 0 Å². The maximum absolute atomic E-state index is 13.4. The average molecular weight is 562 g/mol. The van der Waals surface area contributed by atoms with E-state index in [2.05, 4.69) is 25.0 Å². The number of nitrogens with zero attached hydrogens (tertiary/aromatic N) is 2. The number of hydrogen-bond donors (Lipinski definition) is 1. The van der Waals surface area contributed by atoms with Crippen molar-refractivity contribution in [2.45, 2.75) is 65.1 Å². The number of carbonyl (C=O) groups is 2. The van der Waals surface area contributed by atoms with Crippen molar-refractivity contribution in [3.05, 3.63) is 59.7 Å². The average Bonchev–Trinajstić information content (AvgIpc) is 3.03. The second-order valence-electron chi connectivity index (χ2n) is 11.5. The van der Waals surface area contributed by atoms with Crippen LogP contribution in [-0.2, 0) is 32.8 Å². The Hall–Kier alpha value is -3.05. The second-order valence-corrected chi connectivity index (χ2v) is 18.9. The first-order valence-electron chi connectivity index (χ1n) is 12.8. The summed E-state index contributed by atoms with van der Waals surface area (Å²) < 4.78 is 40.3. The lowest BCUT2D eigenvalue weighted by Crippen LogP contribution is -2.37. The number of alkyl carbamates (subject to hydrolysis) is 1. The van der Waals surface area contributed by atoms with Crippen LogP contribution in [0.15, 0.2) is 48.5 Å². The Morgan fingerprint density at radius 3 is 2.37 bits per heavy atom. The van der Waals surface area contributed by atoms with E-state index in [1.165, 1.54) is 0 Å². The van der Waals surface area contributed by atoms with Gasteiger partial charge in [-0.3, -0.25) is 4.79 Å². The number of carbonyl (C=O) groups excluding carboxylic acids is 2. The van der Waals surface area contributed by atoms with Crippen molar-refractivity contribution in [3.8, 4) is 5.75 Å². The van der Waals surface area contributed by atoms with Crippen LogP contribution in [0.4, 0.5) is 10.5 Å². The van der Waals surface area contributed by atoms with Crippen LogP contribution in [0.2, 0.25) is 25.7 Å². The van der Waals surface area contributed by atoms with Crippen LogP contribution >= 0.6 is 0 Å². The molecule has 1 saturated heterocycles. The fourth-order valence-electron chi connectivity index (χ4n) is 3.81. The normalized spacial score (nSPS) is 15.5. The summed E-state index contributed by atoms with van der Waals surface area (Å²) >= 11 is 0. The third-order valence-corrected chi connectivity index (χ3v) is 9.34. The molecule has 2 aromatic carbocycles. The Labute approximate surface area is 227 Å². The fraction of sp³-hybridized carbons (Fsp3) is 0.481. The quantitative estimate of drug-likeness (QED) is 0.426. The minimum atomic E-state index is -4.03. The van der Waals surface area contributed by atoms with Gasteiger partial charge in [-0.15, -0.1) is 0 Å². The van der Waals surface area contributed by atoms with Crippen LogP contribution in [0.25, 0.3) is 0 Å². The third-order valence-electron chi connectivity index (χ3n) is 5.79. The molecule has 2 aromatic rings. The van der Waals surface area contributed by atoms with Gasteiger partial charge in [0.2, 0.25) is 0 Å². The Balaban J connectivity index is 1.82. The van der Waals surface area contributed by atoms with E-state index in [0.29, 0.717) is 30.4 Å². The summed E-state index contributed by atoms with van der Waals surface area (Å²) in [5.41, 5.74) is 1.48. The summed E-state index contributed by atoms with van der Waals surface area (Å²) in [7, 11) is -5.59. The zero-order valence-corrected chi connectivity index (χ0v) is 24.9. The van der Waals surface area contributed by atoms with E-state index in [0.717, 1.165) is 19.7 Å². The summed E-state index contributed by atoms with van der Waals surface area (Å²) in [5, 5.41) is 2.73. The van der Waals surface area contributed by atoms with Crippen LogP contribution in [0.3, 0.4) is 0 Å². The predicted octanol–water partition coefficient (Wildman–Crippen LogP) is 4.56. The van der Waals surface area contributed by atoms with Crippen molar-refractivity contribution in [1.82, 2.24) is 9.62 Å². The van der Waals surface area contributed by atoms with Crippen LogP contribution in [-0.4, -0.2) is 58.0 Å². The molecular weight excluding hydrogens is 522 g/mol. The van der Waals surface area contributed by atoms with Crippen LogP contribution in [0.1, 0.15) is 31.9 Å². The molecule has 0 radical (unpaired) electrons. The van der Waals surface area contributed by atoms with E-state index in [1.807, 2.05) is 30.3 Å². The van der Waals surface area contributed by atoms with Crippen LogP contribution in [0, 0.1) is 0 Å². The molecule has 1 N–H and O–H groups in total. The molecule has 38 heavy (non-hydrogen) atoms. The molecule has 0 atom stereocenters. The van der Waals surface area contributed by atoms with Gasteiger partial charge in [-0.05, 0) is 56.5 Å². The first kappa shape index (κ1) is 29.5. The molecule has 0 unspecified atom stereocenters. The minimum absolute atomic E-state index is 0.183. The zero-order valence-electron chi connectivity index (χ0n) is 23.1. The molecule has 2 amide bonds. The number of ether oxygens (including phenoxy) is 2. The highest BCUT2D eigenvalue weighted by Crippen LogP contribution is 2.36. The van der Waals surface area contributed by atoms with Crippen molar-refractivity contribution in [2.75, 3.05) is 23.9 Å². The molecule has 1 fully saturated rings. The molecule has 1 aliphatic rings. The van der Waals surface area contributed by atoms with Gasteiger partial charge in [0.1, 0.15) is 24.5 Å². The van der Waals surface area contributed by atoms with E-state index in [4.69, 9.17) is 9.47 Å². The van der Waals surface area contributed by atoms with Gasteiger partial charge in [0.25, 0.3) is 5.91 Å². The Morgan fingerprint density at radius 1 is 1.05 bits per heavy atom. The first-order valence-corrected chi connectivity index (χ1v) is 17.9. The summed E-state index contributed by atoms with van der Waals surface area (Å²) in [4.78, 5) is 24.8. The van der Waals surface area contributed by atoms with Gasteiger partial charge in [-0.25, -0.2) is 13.4 Å². The van der Waals surface area contributed by atoms with Gasteiger partial charge in [-0.2, -0.15) is 8.42 Å². The van der Waals surface area contributed by atoms with E-state index in [1.54, 1.807) is 39.0 Å². The highest BCUT2D eigenvalue weighted by atomic mass is 32.2. The van der Waals surface area contributed by atoms with Crippen molar-refractivity contribution in [3.63, 3.8) is 0 Å². The van der Waals surface area contributed by atoms with E-state index >= 15 is 0 Å². The third kappa shape index (κ3) is 8.22. The van der Waals surface area contributed by atoms with Crippen LogP contribution in [0.5, 0.6) is 5.75 Å². The number of hydrogen-bond acceptors (Lipinski definition) is 6. The van der Waals surface area contributed by atoms with Gasteiger partial charge in [-0.1, -0.05) is 56.0 Å². The predicted molar refractivity (Wildman–Crippen MR) is 151 cm³/mol. The zero-order chi connectivity index (χ0) is 28.1. The van der Waals surface area contributed by atoms with Gasteiger partial charge < -0.3 is 14.8 Å². The number of anilines is 1. The Bertz CT molecular complexity index is 1240. The second kappa shape index (κ2) is 11.8. The molecule has 0 bridgehead atoms. The Morgan fingerprint density at radius 2 is 1.74 bits per heavy atom. The van der Waals surface area contributed by atoms with Crippen molar-refractivity contribution >= 4 is 36.0 Å². The smallest absolute Gasteiger partial charge is 0.407 e. The molecule has 11 heteroatoms. The lowest BCUT2D eigenvalue weighted by molar-refractivity contribution is -0.123. The molecule has 208 valence electrons. The summed E-state index contributed by atoms with van der Waals surface area (Å²) in [5.74, 6) is -0.0880. The van der Waals surface area contributed by atoms with E-state index < -0.39 is 35.9 Å². The number of benzene rings is 2. The monoisotopic (exact) mass is 561 g/mol. The molecule has 9 nitrogen and oxygen atoms in total. The SMILES string of the molecule is CC(C)(C)OC(=O)NCCc1ccc(N2CC(=O)N(CC[Si](C)(C)C)S2(=O)=O)c(OCc2ccccc2)c1. The van der Waals surface area contributed by atoms with Gasteiger partial charge in [0.05, 0.1) is 5.69 Å². The summed E-state index contributed by atoms with van der Waals surface area (Å²) in [6.07, 6.45) is -0.0235. The van der Waals surface area contributed by atoms with Crippen molar-refractivity contribution in [1.29, 1.82) is 0 Å². The summed E-state index contributed by atoms with van der Waals surface area (Å²) in [6, 6.07) is 15.4. The molecule has 0 saturated carbocycles. The van der Waals surface area contributed by atoms with Gasteiger partial charge in [0.15, 0.2) is 0 Å². The van der Waals surface area contributed by atoms with E-state index in [9.17, 15) is 18.0 Å². The molecule has 1 aliphatic heterocycles. The molecule has 1 heterocycles. The molecule has 0 spiro atoms. The van der Waals surface area contributed by atoms with Gasteiger partial charge in [0, 0.05) is 21.2 Å². The highest BCUT2D eigenvalue weighted by molar-refractivity contribution is 7.91. The van der Waals surface area contributed by atoms with Crippen LogP contribution < -0.4 is 14.4 Å². The molecular formula is C27H39N3O6SSi. The molecule has 3 rings (SSSR count). The molecule has 0 aromatic heterocycles. The summed E-state index contributed by atoms with van der Waals surface area (Å²) in [6.45, 7) is 12.3. The molecule has 0 aliphatic carbocycles. The lowest BCUT2D eigenvalue weighted by Gasteiger charge is -2.24. The maximum atomic E-state index is 13.4. The number of amides is 2. The highest BCUT2D eigenvalue weighted by Gasteiger charge is 2.43. The minimum Gasteiger partial charge on any atom is -0.487 e. The number of rotatable bonds is 10. The largest absolute Gasteiger partial charge is 0.487 e. The fourth-order valence-corrected chi connectivity index (χ4v) is 6.42. The van der Waals surface area contributed by atoms with Crippen molar-refractivity contribution < 1.29 is 27.5 Å². The van der Waals surface area contributed by atoms with Gasteiger partial charge >= 0.3 is 16.3 Å². The Kier molecular flexibility index (Phi) is 9.14. The first-order chi connectivity index (χ1) is 17.7. The number of nitrogens with one attached hydrogen (secondary N) is 1. The topological polar surface area (TPSA) is 105 Å². The van der Waals surface area contributed by atoms with E-state index in [-0.39, 0.29) is 19.7 Å². The standard InChI is InChI=1S/C27H39N3O6SSi/c1-27(2,3)36-26(32)28-15-14-21-12-13-23(24(18-21)35-20-22-10-8-7-9-11-22)30-19-25(31)29(37(30,33)34)16-17-38(4,5)6/h7-13,18H,14-17,19-20H2,1-6H3,(H,28,32). The lowest BCUT2D eigenvalue weighted by atomic mass is 10.1. The maximum Gasteiger partial charge on any atom is 0.407 e.